The molecule has 2 aliphatic carbocycles. The van der Waals surface area contributed by atoms with Crippen LogP contribution in [0, 0.1) is 11.8 Å². The van der Waals surface area contributed by atoms with E-state index in [2.05, 4.69) is 0 Å². The van der Waals surface area contributed by atoms with Gasteiger partial charge in [-0.25, -0.2) is 0 Å². The molecule has 2 bridgehead atoms. The maximum atomic E-state index is 11.1. The first kappa shape index (κ1) is 8.83. The highest BCUT2D eigenvalue weighted by atomic mass is 35.5. The lowest BCUT2D eigenvalue weighted by Gasteiger charge is -2.32. The van der Waals surface area contributed by atoms with E-state index >= 15 is 0 Å². The molecule has 0 amide bonds. The minimum absolute atomic E-state index is 0.347. The van der Waals surface area contributed by atoms with E-state index in [1.807, 2.05) is 0 Å². The molecule has 3 heteroatoms. The fraction of sp³-hybridized carbons (Fsp3) is 0.889. The quantitative estimate of drug-likeness (QED) is 0.477. The highest BCUT2D eigenvalue weighted by Crippen LogP contribution is 2.49. The van der Waals surface area contributed by atoms with Crippen LogP contribution in [0.4, 0.5) is 0 Å². The third-order valence-corrected chi connectivity index (χ3v) is 4.17. The maximum Gasteiger partial charge on any atom is 0.242 e. The molecule has 2 aliphatic rings. The van der Waals surface area contributed by atoms with Crippen molar-refractivity contribution in [2.75, 3.05) is 0 Å². The van der Waals surface area contributed by atoms with Crippen LogP contribution in [0.25, 0.3) is 0 Å². The molecule has 3 atom stereocenters. The van der Waals surface area contributed by atoms with Crippen LogP contribution in [0.1, 0.15) is 32.1 Å². The lowest BCUT2D eigenvalue weighted by atomic mass is 9.81. The molecule has 0 saturated heterocycles. The Bertz CT molecular complexity index is 203. The van der Waals surface area contributed by atoms with E-state index < -0.39 is 4.87 Å². The zero-order valence-corrected chi connectivity index (χ0v) is 8.37. The van der Waals surface area contributed by atoms with Crippen LogP contribution in [0.15, 0.2) is 0 Å². The normalized spacial score (nSPS) is 46.2. The molecule has 0 heterocycles. The predicted octanol–water partition coefficient (Wildman–Crippen LogP) is 2.94. The van der Waals surface area contributed by atoms with Crippen LogP contribution in [-0.2, 0) is 4.79 Å². The molecular formula is C9H12Cl2O. The molecule has 68 valence electrons. The molecule has 0 aliphatic heterocycles. The first-order chi connectivity index (χ1) is 5.60. The van der Waals surface area contributed by atoms with Crippen molar-refractivity contribution < 1.29 is 4.79 Å². The van der Waals surface area contributed by atoms with Gasteiger partial charge in [-0.15, -0.1) is 11.6 Å². The summed E-state index contributed by atoms with van der Waals surface area (Å²) in [5.41, 5.74) is 0. The van der Waals surface area contributed by atoms with Crippen LogP contribution in [0.2, 0.25) is 0 Å². The van der Waals surface area contributed by atoms with Crippen molar-refractivity contribution in [3.05, 3.63) is 0 Å². The average molecular weight is 207 g/mol. The molecule has 12 heavy (non-hydrogen) atoms. The van der Waals surface area contributed by atoms with E-state index in [0.29, 0.717) is 11.8 Å². The Hall–Kier alpha value is 0.250. The number of rotatable bonds is 1. The molecule has 2 rings (SSSR count). The number of hydrogen-bond donors (Lipinski definition) is 0. The van der Waals surface area contributed by atoms with Crippen molar-refractivity contribution in [2.24, 2.45) is 11.8 Å². The second kappa shape index (κ2) is 2.88. The fourth-order valence-electron chi connectivity index (χ4n) is 2.71. The average Bonchev–Trinajstić information content (AvgIpc) is 2.30. The van der Waals surface area contributed by atoms with Gasteiger partial charge < -0.3 is 0 Å². The second-order valence-corrected chi connectivity index (χ2v) is 5.26. The third kappa shape index (κ3) is 1.38. The molecule has 1 nitrogen and oxygen atoms in total. The lowest BCUT2D eigenvalue weighted by Crippen LogP contribution is -2.36. The van der Waals surface area contributed by atoms with E-state index in [1.54, 1.807) is 0 Å². The highest BCUT2D eigenvalue weighted by Gasteiger charge is 2.46. The smallest absolute Gasteiger partial charge is 0.242 e. The maximum absolute atomic E-state index is 11.1. The Balaban J connectivity index is 2.15. The number of carbonyl (C=O) groups excluding carboxylic acids is 1. The van der Waals surface area contributed by atoms with Gasteiger partial charge in [-0.2, -0.15) is 0 Å². The lowest BCUT2D eigenvalue weighted by molar-refractivity contribution is -0.115. The van der Waals surface area contributed by atoms with Crippen LogP contribution in [0.3, 0.4) is 0 Å². The van der Waals surface area contributed by atoms with E-state index in [-0.39, 0.29) is 5.24 Å². The van der Waals surface area contributed by atoms with Gasteiger partial charge >= 0.3 is 0 Å². The van der Waals surface area contributed by atoms with Gasteiger partial charge in [-0.3, -0.25) is 4.79 Å². The van der Waals surface area contributed by atoms with Gasteiger partial charge in [0.05, 0.1) is 0 Å². The molecule has 0 aromatic carbocycles. The molecule has 2 saturated carbocycles. The molecule has 0 aromatic rings. The van der Waals surface area contributed by atoms with Gasteiger partial charge in [0.1, 0.15) is 4.87 Å². The van der Waals surface area contributed by atoms with E-state index in [0.717, 1.165) is 12.8 Å². The summed E-state index contributed by atoms with van der Waals surface area (Å²) < 4.78 is 0. The van der Waals surface area contributed by atoms with E-state index in [4.69, 9.17) is 23.2 Å². The number of fused-ring (bicyclic) bond motifs is 2. The topological polar surface area (TPSA) is 17.1 Å². The monoisotopic (exact) mass is 206 g/mol. The largest absolute Gasteiger partial charge is 0.279 e. The van der Waals surface area contributed by atoms with E-state index in [9.17, 15) is 4.79 Å². The Morgan fingerprint density at radius 1 is 1.25 bits per heavy atom. The Morgan fingerprint density at radius 2 is 1.75 bits per heavy atom. The minimum atomic E-state index is -0.717. The molecule has 2 fully saturated rings. The number of alkyl halides is 1. The predicted molar refractivity (Wildman–Crippen MR) is 49.5 cm³/mol. The van der Waals surface area contributed by atoms with Crippen molar-refractivity contribution in [1.29, 1.82) is 0 Å². The summed E-state index contributed by atoms with van der Waals surface area (Å²) in [6.07, 6.45) is 5.34. The van der Waals surface area contributed by atoms with Gasteiger partial charge in [0, 0.05) is 0 Å². The Labute approximate surface area is 82.4 Å². The zero-order valence-electron chi connectivity index (χ0n) is 6.85. The van der Waals surface area contributed by atoms with Crippen molar-refractivity contribution in [3.63, 3.8) is 0 Å². The van der Waals surface area contributed by atoms with Gasteiger partial charge in [-0.05, 0) is 42.7 Å². The van der Waals surface area contributed by atoms with Gasteiger partial charge in [0.25, 0.3) is 0 Å². The molecule has 0 N–H and O–H groups in total. The summed E-state index contributed by atoms with van der Waals surface area (Å²) in [5, 5.41) is -0.347. The highest BCUT2D eigenvalue weighted by molar-refractivity contribution is 6.70. The first-order valence-electron chi connectivity index (χ1n) is 4.49. The van der Waals surface area contributed by atoms with Gasteiger partial charge in [-0.1, -0.05) is 12.8 Å². The molecule has 0 spiro atoms. The minimum Gasteiger partial charge on any atom is -0.279 e. The SMILES string of the molecule is O=C(Cl)C1(Cl)C[C@@H]2CC[C@@H](C2)C1. The molecular weight excluding hydrogens is 195 g/mol. The number of carbonyl (C=O) groups is 1. The molecule has 0 radical (unpaired) electrons. The summed E-state index contributed by atoms with van der Waals surface area (Å²) in [6.45, 7) is 0. The second-order valence-electron chi connectivity index (χ2n) is 4.19. The van der Waals surface area contributed by atoms with Gasteiger partial charge in [0.2, 0.25) is 5.24 Å². The van der Waals surface area contributed by atoms with Crippen LogP contribution in [0.5, 0.6) is 0 Å². The Morgan fingerprint density at radius 3 is 2.17 bits per heavy atom. The summed E-state index contributed by atoms with van der Waals surface area (Å²) in [7, 11) is 0. The van der Waals surface area contributed by atoms with Crippen molar-refractivity contribution in [3.8, 4) is 0 Å². The third-order valence-electron chi connectivity index (χ3n) is 3.23. The van der Waals surface area contributed by atoms with Crippen LogP contribution in [-0.4, -0.2) is 10.1 Å². The Kier molecular flexibility index (Phi) is 2.12. The number of halogens is 2. The summed E-state index contributed by atoms with van der Waals surface area (Å²) in [6, 6.07) is 0. The standard InChI is InChI=1S/C9H12Cl2O/c10-8(12)9(11)4-6-1-2-7(3-6)5-9/h6-7H,1-5H2/t6-,7+,9?. The first-order valence-corrected chi connectivity index (χ1v) is 5.24. The van der Waals surface area contributed by atoms with Crippen LogP contribution >= 0.6 is 23.2 Å². The van der Waals surface area contributed by atoms with Crippen LogP contribution < -0.4 is 0 Å². The fourth-order valence-corrected chi connectivity index (χ4v) is 3.30. The van der Waals surface area contributed by atoms with Crippen molar-refractivity contribution in [2.45, 2.75) is 37.0 Å². The van der Waals surface area contributed by atoms with E-state index in [1.165, 1.54) is 19.3 Å². The summed E-state index contributed by atoms with van der Waals surface area (Å²) in [5.74, 6) is 1.31. The van der Waals surface area contributed by atoms with Crippen molar-refractivity contribution >= 4 is 28.4 Å². The van der Waals surface area contributed by atoms with Crippen molar-refractivity contribution in [1.82, 2.24) is 0 Å². The summed E-state index contributed by atoms with van der Waals surface area (Å²) >= 11 is 11.6. The zero-order chi connectivity index (χ0) is 8.77. The van der Waals surface area contributed by atoms with Gasteiger partial charge in [0.15, 0.2) is 0 Å². The molecule has 1 unspecified atom stereocenters. The summed E-state index contributed by atoms with van der Waals surface area (Å²) in [4.78, 5) is 10.4. The molecule has 0 aromatic heterocycles. The number of hydrogen-bond acceptors (Lipinski definition) is 1.